The Morgan fingerprint density at radius 1 is 1.22 bits per heavy atom. The first-order valence-electron chi connectivity index (χ1n) is 8.81. The summed E-state index contributed by atoms with van der Waals surface area (Å²) < 4.78 is 5.48. The molecule has 3 aromatic rings. The van der Waals surface area contributed by atoms with Crippen molar-refractivity contribution >= 4 is 22.9 Å². The quantitative estimate of drug-likeness (QED) is 0.757. The van der Waals surface area contributed by atoms with Gasteiger partial charge >= 0.3 is 6.15 Å². The summed E-state index contributed by atoms with van der Waals surface area (Å²) in [4.78, 5) is 28.3. The molecule has 1 aromatic carbocycles. The molecule has 0 saturated carbocycles. The third-order valence-electron chi connectivity index (χ3n) is 4.59. The summed E-state index contributed by atoms with van der Waals surface area (Å²) in [5, 5.41) is 8.22. The number of anilines is 1. The van der Waals surface area contributed by atoms with Gasteiger partial charge in [0.25, 0.3) is 0 Å². The molecule has 0 atom stereocenters. The standard InChI is InChI=1S/C18H21N5O.CO2/c1-3-15-12(2)18(23-7-9-24-10-8-23)21-17(20-15)13-5-4-6-16-14(13)11-19-22-16;2-1-3/h4-6,11H,3,7-10H2,1-2H3,(H,19,22);. The van der Waals surface area contributed by atoms with E-state index in [2.05, 4.69) is 35.0 Å². The van der Waals surface area contributed by atoms with Crippen molar-refractivity contribution in [3.63, 3.8) is 0 Å². The zero-order valence-corrected chi connectivity index (χ0v) is 15.4. The Kier molecular flexibility index (Phi) is 5.90. The van der Waals surface area contributed by atoms with E-state index < -0.39 is 0 Å². The fourth-order valence-electron chi connectivity index (χ4n) is 3.26. The molecule has 0 bridgehead atoms. The van der Waals surface area contributed by atoms with Gasteiger partial charge in [0.15, 0.2) is 5.82 Å². The van der Waals surface area contributed by atoms with Gasteiger partial charge in [-0.05, 0) is 19.4 Å². The molecule has 3 heterocycles. The summed E-state index contributed by atoms with van der Waals surface area (Å²) in [6.45, 7) is 7.49. The summed E-state index contributed by atoms with van der Waals surface area (Å²) in [6.07, 6.45) is 2.98. The molecular formula is C19H21N5O3. The second-order valence-corrected chi connectivity index (χ2v) is 6.12. The lowest BCUT2D eigenvalue weighted by molar-refractivity contribution is -0.191. The van der Waals surface area contributed by atoms with Gasteiger partial charge in [0.05, 0.1) is 24.9 Å². The third-order valence-corrected chi connectivity index (χ3v) is 4.59. The SMILES string of the molecule is CCc1nc(-c2cccc3[nH]ncc23)nc(N2CCOCC2)c1C.O=C=O. The normalized spacial score (nSPS) is 13.8. The molecule has 1 saturated heterocycles. The van der Waals surface area contributed by atoms with Crippen LogP contribution in [0.2, 0.25) is 0 Å². The number of carbonyl (C=O) groups excluding carboxylic acids is 2. The van der Waals surface area contributed by atoms with E-state index in [4.69, 9.17) is 24.3 Å². The minimum absolute atomic E-state index is 0.250. The fraction of sp³-hybridized carbons (Fsp3) is 0.368. The first kappa shape index (κ1) is 18.7. The molecule has 140 valence electrons. The van der Waals surface area contributed by atoms with Gasteiger partial charge in [0, 0.05) is 35.3 Å². The molecule has 1 N–H and O–H groups in total. The number of aryl methyl sites for hydroxylation is 1. The van der Waals surface area contributed by atoms with Gasteiger partial charge in [-0.25, -0.2) is 9.97 Å². The molecule has 0 aliphatic carbocycles. The van der Waals surface area contributed by atoms with Crippen molar-refractivity contribution in [2.75, 3.05) is 31.2 Å². The number of hydrogen-bond donors (Lipinski definition) is 1. The number of rotatable bonds is 3. The van der Waals surface area contributed by atoms with E-state index in [1.54, 1.807) is 0 Å². The van der Waals surface area contributed by atoms with Gasteiger partial charge < -0.3 is 9.64 Å². The molecule has 27 heavy (non-hydrogen) atoms. The number of nitrogens with zero attached hydrogens (tertiary/aromatic N) is 4. The van der Waals surface area contributed by atoms with Crippen LogP contribution >= 0.6 is 0 Å². The molecule has 4 rings (SSSR count). The number of aromatic amines is 1. The highest BCUT2D eigenvalue weighted by atomic mass is 16.5. The lowest BCUT2D eigenvalue weighted by Gasteiger charge is -2.29. The van der Waals surface area contributed by atoms with E-state index in [0.717, 1.165) is 66.5 Å². The lowest BCUT2D eigenvalue weighted by Crippen LogP contribution is -2.37. The Morgan fingerprint density at radius 3 is 2.67 bits per heavy atom. The van der Waals surface area contributed by atoms with Crippen molar-refractivity contribution < 1.29 is 14.3 Å². The molecular weight excluding hydrogens is 346 g/mol. The zero-order chi connectivity index (χ0) is 19.2. The van der Waals surface area contributed by atoms with E-state index in [1.165, 1.54) is 5.56 Å². The van der Waals surface area contributed by atoms with Crippen LogP contribution in [0.4, 0.5) is 5.82 Å². The fourth-order valence-corrected chi connectivity index (χ4v) is 3.26. The molecule has 0 radical (unpaired) electrons. The molecule has 1 aliphatic rings. The molecule has 0 amide bonds. The highest BCUT2D eigenvalue weighted by Crippen LogP contribution is 2.29. The number of hydrogen-bond acceptors (Lipinski definition) is 7. The van der Waals surface area contributed by atoms with Crippen LogP contribution in [0.3, 0.4) is 0 Å². The van der Waals surface area contributed by atoms with Crippen LogP contribution in [0.5, 0.6) is 0 Å². The van der Waals surface area contributed by atoms with E-state index in [-0.39, 0.29) is 6.15 Å². The number of benzene rings is 1. The second-order valence-electron chi connectivity index (χ2n) is 6.12. The molecule has 1 aliphatic heterocycles. The van der Waals surface area contributed by atoms with Crippen LogP contribution in [0, 0.1) is 6.92 Å². The van der Waals surface area contributed by atoms with E-state index in [0.29, 0.717) is 0 Å². The van der Waals surface area contributed by atoms with Crippen LogP contribution in [-0.4, -0.2) is 52.6 Å². The maximum Gasteiger partial charge on any atom is 0.373 e. The topological polar surface area (TPSA) is 101 Å². The van der Waals surface area contributed by atoms with Gasteiger partial charge in [0.2, 0.25) is 0 Å². The maximum absolute atomic E-state index is 8.12. The van der Waals surface area contributed by atoms with Gasteiger partial charge in [0.1, 0.15) is 5.82 Å². The highest BCUT2D eigenvalue weighted by molar-refractivity contribution is 5.92. The van der Waals surface area contributed by atoms with Gasteiger partial charge in [-0.1, -0.05) is 19.1 Å². The number of ether oxygens (including phenoxy) is 1. The van der Waals surface area contributed by atoms with E-state index in [9.17, 15) is 0 Å². The van der Waals surface area contributed by atoms with Crippen molar-refractivity contribution in [3.05, 3.63) is 35.7 Å². The second kappa shape index (κ2) is 8.53. The Balaban J connectivity index is 0.000000659. The van der Waals surface area contributed by atoms with Gasteiger partial charge in [-0.2, -0.15) is 14.7 Å². The molecule has 2 aromatic heterocycles. The highest BCUT2D eigenvalue weighted by Gasteiger charge is 2.19. The summed E-state index contributed by atoms with van der Waals surface area (Å²) >= 11 is 0. The average Bonchev–Trinajstić information content (AvgIpc) is 3.18. The van der Waals surface area contributed by atoms with Crippen LogP contribution in [0.25, 0.3) is 22.3 Å². The van der Waals surface area contributed by atoms with Crippen molar-refractivity contribution in [1.82, 2.24) is 20.2 Å². The van der Waals surface area contributed by atoms with Gasteiger partial charge in [-0.3, -0.25) is 5.10 Å². The van der Waals surface area contributed by atoms with Crippen LogP contribution < -0.4 is 4.90 Å². The smallest absolute Gasteiger partial charge is 0.373 e. The molecule has 8 heteroatoms. The third kappa shape index (κ3) is 3.86. The molecule has 8 nitrogen and oxygen atoms in total. The summed E-state index contributed by atoms with van der Waals surface area (Å²) in [5.41, 5.74) is 4.29. The minimum atomic E-state index is 0.250. The Morgan fingerprint density at radius 2 is 1.96 bits per heavy atom. The first-order valence-corrected chi connectivity index (χ1v) is 8.81. The number of aromatic nitrogens is 4. The Labute approximate surface area is 156 Å². The maximum atomic E-state index is 8.12. The monoisotopic (exact) mass is 367 g/mol. The molecule has 1 fully saturated rings. The number of H-pyrrole nitrogens is 1. The molecule has 0 spiro atoms. The number of morpholine rings is 1. The Hall–Kier alpha value is -3.09. The first-order chi connectivity index (χ1) is 13.2. The summed E-state index contributed by atoms with van der Waals surface area (Å²) in [5.74, 6) is 1.80. The van der Waals surface area contributed by atoms with Crippen molar-refractivity contribution in [2.45, 2.75) is 20.3 Å². The van der Waals surface area contributed by atoms with E-state index in [1.807, 2.05) is 18.3 Å². The largest absolute Gasteiger partial charge is 0.378 e. The van der Waals surface area contributed by atoms with Crippen LogP contribution in [0.1, 0.15) is 18.2 Å². The molecule has 0 unspecified atom stereocenters. The number of fused-ring (bicyclic) bond motifs is 1. The van der Waals surface area contributed by atoms with Crippen molar-refractivity contribution in [3.8, 4) is 11.4 Å². The minimum Gasteiger partial charge on any atom is -0.378 e. The summed E-state index contributed by atoms with van der Waals surface area (Å²) in [6, 6.07) is 6.09. The average molecular weight is 367 g/mol. The predicted octanol–water partition coefficient (Wildman–Crippen LogP) is 2.14. The number of nitrogens with one attached hydrogen (secondary N) is 1. The lowest BCUT2D eigenvalue weighted by atomic mass is 10.1. The zero-order valence-electron chi connectivity index (χ0n) is 15.4. The van der Waals surface area contributed by atoms with Crippen LogP contribution in [-0.2, 0) is 20.7 Å². The Bertz CT molecular complexity index is 957. The van der Waals surface area contributed by atoms with E-state index >= 15 is 0 Å². The van der Waals surface area contributed by atoms with Gasteiger partial charge in [-0.15, -0.1) is 0 Å². The predicted molar refractivity (Wildman–Crippen MR) is 99.3 cm³/mol. The van der Waals surface area contributed by atoms with Crippen LogP contribution in [0.15, 0.2) is 24.4 Å². The van der Waals surface area contributed by atoms with Crippen molar-refractivity contribution in [2.24, 2.45) is 0 Å². The summed E-state index contributed by atoms with van der Waals surface area (Å²) in [7, 11) is 0. The van der Waals surface area contributed by atoms with Crippen molar-refractivity contribution in [1.29, 1.82) is 0 Å².